The van der Waals surface area contributed by atoms with E-state index in [2.05, 4.69) is 10.3 Å². The average Bonchev–Trinajstić information content (AvgIpc) is 2.75. The molecule has 0 spiro atoms. The number of hydrogen-bond donors (Lipinski definition) is 2. The van der Waals surface area contributed by atoms with Crippen LogP contribution in [0.15, 0.2) is 24.5 Å². The lowest BCUT2D eigenvalue weighted by Crippen LogP contribution is -2.22. The van der Waals surface area contributed by atoms with Gasteiger partial charge in [0.2, 0.25) is 5.91 Å². The van der Waals surface area contributed by atoms with Crippen LogP contribution in [-0.4, -0.2) is 27.2 Å². The van der Waals surface area contributed by atoms with Crippen molar-refractivity contribution in [3.63, 3.8) is 0 Å². The number of amides is 1. The first-order valence-corrected chi connectivity index (χ1v) is 5.98. The van der Waals surface area contributed by atoms with Crippen molar-refractivity contribution < 1.29 is 9.90 Å². The molecule has 0 aliphatic rings. The number of rotatable bonds is 5. The molecule has 0 saturated heterocycles. The fourth-order valence-corrected chi connectivity index (χ4v) is 1.82. The van der Waals surface area contributed by atoms with Crippen LogP contribution in [-0.2, 0) is 18.4 Å². The number of hydrogen-bond acceptors (Lipinski definition) is 3. The SMILES string of the molecule is Cn1cnc2cc(CNC(=O)CCCO)ccc21. The highest BCUT2D eigenvalue weighted by Crippen LogP contribution is 2.13. The molecule has 0 fully saturated rings. The van der Waals surface area contributed by atoms with Crippen molar-refractivity contribution in [1.29, 1.82) is 0 Å². The van der Waals surface area contributed by atoms with E-state index in [1.165, 1.54) is 0 Å². The minimum absolute atomic E-state index is 0.0369. The van der Waals surface area contributed by atoms with E-state index in [1.54, 1.807) is 6.33 Å². The molecule has 18 heavy (non-hydrogen) atoms. The fraction of sp³-hybridized carbons (Fsp3) is 0.385. The van der Waals surface area contributed by atoms with Gasteiger partial charge in [0.05, 0.1) is 17.4 Å². The van der Waals surface area contributed by atoms with Crippen molar-refractivity contribution in [1.82, 2.24) is 14.9 Å². The van der Waals surface area contributed by atoms with E-state index in [1.807, 2.05) is 29.8 Å². The minimum atomic E-state index is -0.0369. The number of fused-ring (bicyclic) bond motifs is 1. The molecule has 5 nitrogen and oxygen atoms in total. The van der Waals surface area contributed by atoms with Crippen molar-refractivity contribution in [2.45, 2.75) is 19.4 Å². The number of aromatic nitrogens is 2. The monoisotopic (exact) mass is 247 g/mol. The Morgan fingerprint density at radius 1 is 1.50 bits per heavy atom. The zero-order valence-corrected chi connectivity index (χ0v) is 10.4. The summed E-state index contributed by atoms with van der Waals surface area (Å²) >= 11 is 0. The van der Waals surface area contributed by atoms with E-state index < -0.39 is 0 Å². The summed E-state index contributed by atoms with van der Waals surface area (Å²) in [5.74, 6) is -0.0369. The third-order valence-corrected chi connectivity index (χ3v) is 2.84. The number of aliphatic hydroxyl groups is 1. The molecule has 2 aromatic rings. The van der Waals surface area contributed by atoms with Gasteiger partial charge >= 0.3 is 0 Å². The third kappa shape index (κ3) is 2.87. The molecule has 0 saturated carbocycles. The molecule has 1 aromatic carbocycles. The normalized spacial score (nSPS) is 10.8. The number of aliphatic hydroxyl groups excluding tert-OH is 1. The molecule has 1 aromatic heterocycles. The van der Waals surface area contributed by atoms with Crippen LogP contribution in [0.5, 0.6) is 0 Å². The van der Waals surface area contributed by atoms with Crippen LogP contribution in [0, 0.1) is 0 Å². The van der Waals surface area contributed by atoms with Crippen molar-refractivity contribution in [3.05, 3.63) is 30.1 Å². The van der Waals surface area contributed by atoms with E-state index in [0.29, 0.717) is 19.4 Å². The Morgan fingerprint density at radius 3 is 3.11 bits per heavy atom. The number of imidazole rings is 1. The summed E-state index contributed by atoms with van der Waals surface area (Å²) in [7, 11) is 1.95. The molecule has 1 heterocycles. The van der Waals surface area contributed by atoms with Gasteiger partial charge in [-0.25, -0.2) is 4.98 Å². The zero-order valence-electron chi connectivity index (χ0n) is 10.4. The Morgan fingerprint density at radius 2 is 2.33 bits per heavy atom. The molecule has 1 amide bonds. The minimum Gasteiger partial charge on any atom is -0.396 e. The highest BCUT2D eigenvalue weighted by Gasteiger charge is 2.03. The van der Waals surface area contributed by atoms with Gasteiger partial charge in [0.25, 0.3) is 0 Å². The van der Waals surface area contributed by atoms with Gasteiger partial charge in [0.15, 0.2) is 0 Å². The lowest BCUT2D eigenvalue weighted by Gasteiger charge is -2.05. The second kappa shape index (κ2) is 5.64. The molecule has 0 atom stereocenters. The lowest BCUT2D eigenvalue weighted by molar-refractivity contribution is -0.121. The molecule has 2 rings (SSSR count). The largest absolute Gasteiger partial charge is 0.396 e. The average molecular weight is 247 g/mol. The fourth-order valence-electron chi connectivity index (χ4n) is 1.82. The maximum absolute atomic E-state index is 11.4. The number of carbonyl (C=O) groups is 1. The standard InChI is InChI=1S/C13H17N3O2/c1-16-9-15-11-7-10(4-5-12(11)16)8-14-13(18)3-2-6-17/h4-5,7,9,17H,2-3,6,8H2,1H3,(H,14,18). The second-order valence-corrected chi connectivity index (χ2v) is 4.28. The van der Waals surface area contributed by atoms with E-state index in [-0.39, 0.29) is 12.5 Å². The molecule has 0 aliphatic carbocycles. The summed E-state index contributed by atoms with van der Waals surface area (Å²) in [5, 5.41) is 11.5. The predicted molar refractivity (Wildman–Crippen MR) is 68.9 cm³/mol. The number of benzene rings is 1. The summed E-state index contributed by atoms with van der Waals surface area (Å²) in [6.45, 7) is 0.546. The van der Waals surface area contributed by atoms with Gasteiger partial charge in [-0.15, -0.1) is 0 Å². The van der Waals surface area contributed by atoms with Crippen LogP contribution in [0.25, 0.3) is 11.0 Å². The van der Waals surface area contributed by atoms with Crippen LogP contribution in [0.3, 0.4) is 0 Å². The van der Waals surface area contributed by atoms with Gasteiger partial charge in [-0.1, -0.05) is 6.07 Å². The van der Waals surface area contributed by atoms with Gasteiger partial charge < -0.3 is 15.0 Å². The van der Waals surface area contributed by atoms with E-state index in [9.17, 15) is 4.79 Å². The molecule has 96 valence electrons. The topological polar surface area (TPSA) is 67.2 Å². The van der Waals surface area contributed by atoms with Crippen LogP contribution in [0.2, 0.25) is 0 Å². The Balaban J connectivity index is 1.97. The maximum Gasteiger partial charge on any atom is 0.220 e. The first kappa shape index (κ1) is 12.6. The van der Waals surface area contributed by atoms with Crippen LogP contribution in [0.1, 0.15) is 18.4 Å². The first-order chi connectivity index (χ1) is 8.70. The van der Waals surface area contributed by atoms with Gasteiger partial charge in [0, 0.05) is 26.6 Å². The van der Waals surface area contributed by atoms with Crippen LogP contribution in [0.4, 0.5) is 0 Å². The lowest BCUT2D eigenvalue weighted by atomic mass is 10.2. The van der Waals surface area contributed by atoms with Crippen molar-refractivity contribution in [2.75, 3.05) is 6.61 Å². The quantitative estimate of drug-likeness (QED) is 0.827. The number of aryl methyl sites for hydroxylation is 1. The van der Waals surface area contributed by atoms with Crippen molar-refractivity contribution in [2.24, 2.45) is 7.05 Å². The second-order valence-electron chi connectivity index (χ2n) is 4.28. The van der Waals surface area contributed by atoms with Gasteiger partial charge in [-0.05, 0) is 24.1 Å². The van der Waals surface area contributed by atoms with E-state index >= 15 is 0 Å². The number of nitrogens with one attached hydrogen (secondary N) is 1. The van der Waals surface area contributed by atoms with Crippen molar-refractivity contribution in [3.8, 4) is 0 Å². The Bertz CT molecular complexity index is 548. The molecular formula is C13H17N3O2. The summed E-state index contributed by atoms with van der Waals surface area (Å²) in [5.41, 5.74) is 3.03. The highest BCUT2D eigenvalue weighted by atomic mass is 16.3. The molecule has 0 unspecified atom stereocenters. The van der Waals surface area contributed by atoms with E-state index in [4.69, 9.17) is 5.11 Å². The highest BCUT2D eigenvalue weighted by molar-refractivity contribution is 5.77. The summed E-state index contributed by atoms with van der Waals surface area (Å²) in [6.07, 6.45) is 2.64. The Labute approximate surface area is 105 Å². The van der Waals surface area contributed by atoms with Crippen LogP contribution < -0.4 is 5.32 Å². The van der Waals surface area contributed by atoms with Crippen molar-refractivity contribution >= 4 is 16.9 Å². The first-order valence-electron chi connectivity index (χ1n) is 5.98. The molecule has 0 bridgehead atoms. The summed E-state index contributed by atoms with van der Waals surface area (Å²) in [4.78, 5) is 15.7. The summed E-state index contributed by atoms with van der Waals surface area (Å²) < 4.78 is 1.96. The Hall–Kier alpha value is -1.88. The predicted octanol–water partition coefficient (Wildman–Crippen LogP) is 0.962. The number of nitrogens with zero attached hydrogens (tertiary/aromatic N) is 2. The molecule has 2 N–H and O–H groups in total. The number of carbonyl (C=O) groups excluding carboxylic acids is 1. The molecular weight excluding hydrogens is 230 g/mol. The van der Waals surface area contributed by atoms with Gasteiger partial charge in [0.1, 0.15) is 0 Å². The Kier molecular flexibility index (Phi) is 3.94. The van der Waals surface area contributed by atoms with E-state index in [0.717, 1.165) is 16.6 Å². The molecule has 0 aliphatic heterocycles. The molecule has 5 heteroatoms. The van der Waals surface area contributed by atoms with Crippen LogP contribution >= 0.6 is 0 Å². The maximum atomic E-state index is 11.4. The smallest absolute Gasteiger partial charge is 0.220 e. The summed E-state index contributed by atoms with van der Waals surface area (Å²) in [6, 6.07) is 5.95. The third-order valence-electron chi connectivity index (χ3n) is 2.84. The van der Waals surface area contributed by atoms with Gasteiger partial charge in [-0.3, -0.25) is 4.79 Å². The molecule has 0 radical (unpaired) electrons. The zero-order chi connectivity index (χ0) is 13.0. The van der Waals surface area contributed by atoms with Gasteiger partial charge in [-0.2, -0.15) is 0 Å².